The lowest BCUT2D eigenvalue weighted by molar-refractivity contribution is -0.123. The van der Waals surface area contributed by atoms with Gasteiger partial charge in [-0.15, -0.1) is 0 Å². The first-order valence-corrected chi connectivity index (χ1v) is 10.5. The van der Waals surface area contributed by atoms with Crippen molar-refractivity contribution in [3.05, 3.63) is 53.6 Å². The van der Waals surface area contributed by atoms with Gasteiger partial charge in [0.05, 0.1) is 26.0 Å². The number of nitrogens with one attached hydrogen (secondary N) is 2. The van der Waals surface area contributed by atoms with Gasteiger partial charge in [-0.25, -0.2) is 0 Å². The number of hydrogen-bond donors (Lipinski definition) is 2. The summed E-state index contributed by atoms with van der Waals surface area (Å²) in [6, 6.07) is 12.5. The first-order valence-electron chi connectivity index (χ1n) is 10.5. The van der Waals surface area contributed by atoms with Crippen molar-refractivity contribution in [3.8, 4) is 11.5 Å². The minimum Gasteiger partial charge on any atom is -0.493 e. The van der Waals surface area contributed by atoms with E-state index in [2.05, 4.69) is 10.6 Å². The molecule has 0 aromatic heterocycles. The lowest BCUT2D eigenvalue weighted by Crippen LogP contribution is -2.50. The zero-order valence-electron chi connectivity index (χ0n) is 18.4. The molecule has 1 heterocycles. The maximum atomic E-state index is 12.7. The largest absolute Gasteiger partial charge is 0.493 e. The lowest BCUT2D eigenvalue weighted by Gasteiger charge is -2.28. The van der Waals surface area contributed by atoms with Crippen LogP contribution in [0.3, 0.4) is 0 Å². The fourth-order valence-corrected chi connectivity index (χ4v) is 3.55. The summed E-state index contributed by atoms with van der Waals surface area (Å²) in [5, 5.41) is 5.92. The number of anilines is 1. The van der Waals surface area contributed by atoms with Crippen LogP contribution >= 0.6 is 0 Å². The van der Waals surface area contributed by atoms with Crippen molar-refractivity contribution in [1.29, 1.82) is 0 Å². The highest BCUT2D eigenvalue weighted by molar-refractivity contribution is 6.09. The Hall–Kier alpha value is -3.35. The van der Waals surface area contributed by atoms with Crippen molar-refractivity contribution in [3.63, 3.8) is 0 Å². The highest BCUT2D eigenvalue weighted by atomic mass is 16.5. The van der Waals surface area contributed by atoms with Crippen LogP contribution in [0.15, 0.2) is 47.5 Å². The molecule has 3 rings (SSSR count). The third-order valence-corrected chi connectivity index (χ3v) is 5.32. The zero-order chi connectivity index (χ0) is 22.4. The molecule has 2 amide bonds. The molecule has 7 nitrogen and oxygen atoms in total. The van der Waals surface area contributed by atoms with E-state index in [-0.39, 0.29) is 17.9 Å². The minimum absolute atomic E-state index is 0.0332. The zero-order valence-corrected chi connectivity index (χ0v) is 18.4. The summed E-state index contributed by atoms with van der Waals surface area (Å²) >= 11 is 0. The summed E-state index contributed by atoms with van der Waals surface area (Å²) in [5.74, 6) is 1.15. The maximum Gasteiger partial charge on any atom is 0.245 e. The number of aliphatic imine (C=N–C) groups is 1. The Balaban J connectivity index is 1.85. The quantitative estimate of drug-likeness (QED) is 0.681. The maximum absolute atomic E-state index is 12.7. The van der Waals surface area contributed by atoms with E-state index in [0.29, 0.717) is 24.3 Å². The van der Waals surface area contributed by atoms with Crippen molar-refractivity contribution < 1.29 is 19.1 Å². The smallest absolute Gasteiger partial charge is 0.245 e. The molecule has 0 aliphatic carbocycles. The second kappa shape index (κ2) is 10.1. The Bertz CT molecular complexity index is 969. The second-order valence-electron chi connectivity index (χ2n) is 7.37. The molecule has 31 heavy (non-hydrogen) atoms. The Morgan fingerprint density at radius 1 is 1.06 bits per heavy atom. The summed E-state index contributed by atoms with van der Waals surface area (Å²) in [5.41, 5.74) is 3.44. The molecular weight excluding hydrogens is 394 g/mol. The first kappa shape index (κ1) is 22.3. The summed E-state index contributed by atoms with van der Waals surface area (Å²) in [7, 11) is 3.19. The highest BCUT2D eigenvalue weighted by Crippen LogP contribution is 2.29. The molecule has 2 atom stereocenters. The molecule has 0 saturated heterocycles. The molecule has 2 aromatic rings. The average molecular weight is 424 g/mol. The van der Waals surface area contributed by atoms with Gasteiger partial charge in [-0.1, -0.05) is 26.0 Å². The summed E-state index contributed by atoms with van der Waals surface area (Å²) in [4.78, 5) is 29.1. The number of ether oxygens (including phenoxy) is 2. The number of rotatable bonds is 8. The van der Waals surface area contributed by atoms with E-state index < -0.39 is 6.04 Å². The number of hydrogen-bond acceptors (Lipinski definition) is 5. The summed E-state index contributed by atoms with van der Waals surface area (Å²) in [6.07, 6.45) is 1.63. The van der Waals surface area contributed by atoms with Crippen LogP contribution in [0.25, 0.3) is 0 Å². The van der Waals surface area contributed by atoms with Crippen LogP contribution in [0.5, 0.6) is 11.5 Å². The van der Waals surface area contributed by atoms with Gasteiger partial charge in [-0.2, -0.15) is 0 Å². The standard InChI is InChI=1S/C24H29N3O4/c1-5-18-23(16-9-12-20(30-3)21(14-16)31-4)26-19(24(29)27-18)13-15-7-10-17(11-8-15)25-22(28)6-2/h7-12,14,18-19H,5-6,13H2,1-4H3,(H,25,28)(H,27,29). The van der Waals surface area contributed by atoms with Crippen LogP contribution in [0.1, 0.15) is 37.8 Å². The van der Waals surface area contributed by atoms with Crippen LogP contribution in [0.4, 0.5) is 5.69 Å². The second-order valence-corrected chi connectivity index (χ2v) is 7.37. The van der Waals surface area contributed by atoms with Crippen LogP contribution < -0.4 is 20.1 Å². The van der Waals surface area contributed by atoms with Crippen LogP contribution in [-0.2, 0) is 16.0 Å². The Morgan fingerprint density at radius 2 is 1.77 bits per heavy atom. The van der Waals surface area contributed by atoms with E-state index in [1.807, 2.05) is 56.3 Å². The molecule has 0 radical (unpaired) electrons. The van der Waals surface area contributed by atoms with Gasteiger partial charge < -0.3 is 20.1 Å². The van der Waals surface area contributed by atoms with Gasteiger partial charge in [-0.3, -0.25) is 14.6 Å². The third-order valence-electron chi connectivity index (χ3n) is 5.32. The molecule has 0 fully saturated rings. The fraction of sp³-hybridized carbons (Fsp3) is 0.375. The van der Waals surface area contributed by atoms with Gasteiger partial charge in [0.15, 0.2) is 11.5 Å². The molecule has 7 heteroatoms. The van der Waals surface area contributed by atoms with E-state index in [0.717, 1.165) is 28.9 Å². The van der Waals surface area contributed by atoms with Crippen LogP contribution in [0, 0.1) is 0 Å². The van der Waals surface area contributed by atoms with Crippen molar-refractivity contribution in [1.82, 2.24) is 5.32 Å². The van der Waals surface area contributed by atoms with Crippen LogP contribution in [0.2, 0.25) is 0 Å². The highest BCUT2D eigenvalue weighted by Gasteiger charge is 2.30. The third kappa shape index (κ3) is 5.23. The molecule has 2 N–H and O–H groups in total. The number of nitrogens with zero attached hydrogens (tertiary/aromatic N) is 1. The average Bonchev–Trinajstić information content (AvgIpc) is 2.80. The fourth-order valence-electron chi connectivity index (χ4n) is 3.55. The van der Waals surface area contributed by atoms with Crippen molar-refractivity contribution in [2.45, 2.75) is 45.2 Å². The summed E-state index contributed by atoms with van der Waals surface area (Å²) in [6.45, 7) is 3.83. The van der Waals surface area contributed by atoms with E-state index in [9.17, 15) is 9.59 Å². The van der Waals surface area contributed by atoms with Crippen LogP contribution in [-0.4, -0.2) is 43.8 Å². The monoisotopic (exact) mass is 423 g/mol. The number of carbonyl (C=O) groups is 2. The minimum atomic E-state index is -0.526. The first-order chi connectivity index (χ1) is 15.0. The SMILES string of the molecule is CCC(=O)Nc1ccc(CC2N=C(c3ccc(OC)c(OC)c3)C(CC)NC2=O)cc1. The van der Waals surface area contributed by atoms with Gasteiger partial charge in [0.25, 0.3) is 0 Å². The molecule has 2 aromatic carbocycles. The Labute approximate surface area is 182 Å². The van der Waals surface area contributed by atoms with Gasteiger partial charge in [0.1, 0.15) is 6.04 Å². The van der Waals surface area contributed by atoms with Gasteiger partial charge in [0, 0.05) is 24.1 Å². The van der Waals surface area contributed by atoms with Crippen molar-refractivity contribution in [2.75, 3.05) is 19.5 Å². The molecule has 0 spiro atoms. The Kier molecular flexibility index (Phi) is 7.28. The normalized spacial score (nSPS) is 18.1. The van der Waals surface area contributed by atoms with Gasteiger partial charge in [0.2, 0.25) is 11.8 Å². The molecule has 1 aliphatic rings. The summed E-state index contributed by atoms with van der Waals surface area (Å²) < 4.78 is 10.8. The van der Waals surface area contributed by atoms with E-state index in [1.165, 1.54) is 0 Å². The molecule has 1 aliphatic heterocycles. The van der Waals surface area contributed by atoms with E-state index in [1.54, 1.807) is 14.2 Å². The van der Waals surface area contributed by atoms with E-state index >= 15 is 0 Å². The Morgan fingerprint density at radius 3 is 2.39 bits per heavy atom. The molecule has 0 saturated carbocycles. The molecular formula is C24H29N3O4. The van der Waals surface area contributed by atoms with Crippen molar-refractivity contribution >= 4 is 23.2 Å². The number of amides is 2. The topological polar surface area (TPSA) is 89.0 Å². The number of methoxy groups -OCH3 is 2. The predicted molar refractivity (Wildman–Crippen MR) is 121 cm³/mol. The van der Waals surface area contributed by atoms with E-state index in [4.69, 9.17) is 14.5 Å². The van der Waals surface area contributed by atoms with Crippen molar-refractivity contribution in [2.24, 2.45) is 4.99 Å². The number of carbonyl (C=O) groups excluding carboxylic acids is 2. The number of benzene rings is 2. The molecule has 2 unspecified atom stereocenters. The predicted octanol–water partition coefficient (Wildman–Crippen LogP) is 3.36. The van der Waals surface area contributed by atoms with Gasteiger partial charge in [-0.05, 0) is 42.3 Å². The molecule has 0 bridgehead atoms. The van der Waals surface area contributed by atoms with Gasteiger partial charge >= 0.3 is 0 Å². The molecule has 164 valence electrons. The lowest BCUT2D eigenvalue weighted by atomic mass is 9.95.